The van der Waals surface area contributed by atoms with Crippen LogP contribution in [0.1, 0.15) is 18.1 Å². The number of carbonyl (C=O) groups excluding carboxylic acids is 2. The maximum Gasteiger partial charge on any atom is 0.228 e. The van der Waals surface area contributed by atoms with Gasteiger partial charge in [0.25, 0.3) is 0 Å². The van der Waals surface area contributed by atoms with Crippen LogP contribution in [0.4, 0.5) is 11.5 Å². The van der Waals surface area contributed by atoms with Crippen LogP contribution in [0.3, 0.4) is 0 Å². The molecule has 1 aromatic heterocycles. The van der Waals surface area contributed by atoms with Crippen molar-refractivity contribution in [2.75, 3.05) is 36.4 Å². The molecule has 0 saturated carbocycles. The van der Waals surface area contributed by atoms with Gasteiger partial charge in [0, 0.05) is 33.1 Å². The van der Waals surface area contributed by atoms with Gasteiger partial charge in [-0.05, 0) is 30.2 Å². The molecule has 6 heteroatoms. The van der Waals surface area contributed by atoms with E-state index >= 15 is 0 Å². The third kappa shape index (κ3) is 4.39. The highest BCUT2D eigenvalue weighted by atomic mass is 16.2. The zero-order chi connectivity index (χ0) is 18.5. The minimum absolute atomic E-state index is 0.0519. The average Bonchev–Trinajstić information content (AvgIpc) is 2.64. The molecule has 1 aliphatic rings. The summed E-state index contributed by atoms with van der Waals surface area (Å²) in [7, 11) is 0. The van der Waals surface area contributed by atoms with Crippen molar-refractivity contribution < 1.29 is 9.59 Å². The third-order valence-electron chi connectivity index (χ3n) is 4.69. The first-order chi connectivity index (χ1) is 12.5. The SMILES string of the molecule is CC(=O)N1CCN(c2ccc(NC(=O)Cc3ccccc3C)cn2)CC1. The van der Waals surface area contributed by atoms with Crippen molar-refractivity contribution in [3.05, 3.63) is 53.7 Å². The van der Waals surface area contributed by atoms with Crippen LogP contribution < -0.4 is 10.2 Å². The summed E-state index contributed by atoms with van der Waals surface area (Å²) in [5.41, 5.74) is 2.83. The van der Waals surface area contributed by atoms with Gasteiger partial charge in [0.05, 0.1) is 18.3 Å². The largest absolute Gasteiger partial charge is 0.353 e. The molecule has 0 unspecified atom stereocenters. The number of aromatic nitrogens is 1. The molecule has 2 amide bonds. The Morgan fingerprint density at radius 1 is 1.08 bits per heavy atom. The van der Waals surface area contributed by atoms with Crippen molar-refractivity contribution in [1.82, 2.24) is 9.88 Å². The van der Waals surface area contributed by atoms with Crippen LogP contribution in [0.5, 0.6) is 0 Å². The van der Waals surface area contributed by atoms with E-state index in [9.17, 15) is 9.59 Å². The van der Waals surface area contributed by atoms with E-state index in [1.54, 1.807) is 13.1 Å². The average molecular weight is 352 g/mol. The molecule has 136 valence electrons. The van der Waals surface area contributed by atoms with Gasteiger partial charge in [0.1, 0.15) is 5.82 Å². The maximum atomic E-state index is 12.2. The molecule has 2 aromatic rings. The Balaban J connectivity index is 1.55. The number of benzene rings is 1. The Labute approximate surface area is 153 Å². The maximum absolute atomic E-state index is 12.2. The lowest BCUT2D eigenvalue weighted by Crippen LogP contribution is -2.48. The third-order valence-corrected chi connectivity index (χ3v) is 4.69. The normalized spacial score (nSPS) is 14.2. The summed E-state index contributed by atoms with van der Waals surface area (Å²) < 4.78 is 0. The predicted octanol–water partition coefficient (Wildman–Crippen LogP) is 2.24. The zero-order valence-electron chi connectivity index (χ0n) is 15.2. The number of nitrogens with zero attached hydrogens (tertiary/aromatic N) is 3. The van der Waals surface area contributed by atoms with E-state index in [-0.39, 0.29) is 11.8 Å². The molecule has 1 aromatic carbocycles. The topological polar surface area (TPSA) is 65.5 Å². The molecule has 1 aliphatic heterocycles. The smallest absolute Gasteiger partial charge is 0.228 e. The number of rotatable bonds is 4. The van der Waals surface area contributed by atoms with E-state index in [0.717, 1.165) is 30.0 Å². The molecule has 0 bridgehead atoms. The van der Waals surface area contributed by atoms with Crippen LogP contribution >= 0.6 is 0 Å². The highest BCUT2D eigenvalue weighted by Crippen LogP contribution is 2.17. The lowest BCUT2D eigenvalue weighted by atomic mass is 10.1. The molecular formula is C20H24N4O2. The lowest BCUT2D eigenvalue weighted by molar-refractivity contribution is -0.129. The second-order valence-corrected chi connectivity index (χ2v) is 6.55. The first kappa shape index (κ1) is 17.9. The van der Waals surface area contributed by atoms with Crippen LogP contribution in [0.15, 0.2) is 42.6 Å². The van der Waals surface area contributed by atoms with Crippen molar-refractivity contribution in [2.24, 2.45) is 0 Å². The van der Waals surface area contributed by atoms with E-state index in [1.807, 2.05) is 48.2 Å². The highest BCUT2D eigenvalue weighted by molar-refractivity contribution is 5.92. The molecule has 6 nitrogen and oxygen atoms in total. The summed E-state index contributed by atoms with van der Waals surface area (Å²) in [5.74, 6) is 0.929. The van der Waals surface area contributed by atoms with Gasteiger partial charge in [-0.2, -0.15) is 0 Å². The summed E-state index contributed by atoms with van der Waals surface area (Å²) in [4.78, 5) is 32.1. The Bertz CT molecular complexity index is 781. The van der Waals surface area contributed by atoms with Crippen molar-refractivity contribution in [1.29, 1.82) is 0 Å². The van der Waals surface area contributed by atoms with Crippen LogP contribution in [0, 0.1) is 6.92 Å². The first-order valence-electron chi connectivity index (χ1n) is 8.84. The quantitative estimate of drug-likeness (QED) is 0.916. The number of hydrogen-bond donors (Lipinski definition) is 1. The summed E-state index contributed by atoms with van der Waals surface area (Å²) >= 11 is 0. The van der Waals surface area contributed by atoms with E-state index in [0.29, 0.717) is 25.2 Å². The number of amides is 2. The van der Waals surface area contributed by atoms with Gasteiger partial charge in [0.2, 0.25) is 11.8 Å². The van der Waals surface area contributed by atoms with E-state index in [1.165, 1.54) is 0 Å². The van der Waals surface area contributed by atoms with Crippen molar-refractivity contribution >= 4 is 23.3 Å². The molecule has 0 atom stereocenters. The van der Waals surface area contributed by atoms with Crippen molar-refractivity contribution in [3.8, 4) is 0 Å². The van der Waals surface area contributed by atoms with Gasteiger partial charge in [-0.25, -0.2) is 4.98 Å². The lowest BCUT2D eigenvalue weighted by Gasteiger charge is -2.34. The Hall–Kier alpha value is -2.89. The highest BCUT2D eigenvalue weighted by Gasteiger charge is 2.19. The van der Waals surface area contributed by atoms with Crippen LogP contribution in [-0.2, 0) is 16.0 Å². The Kier molecular flexibility index (Phi) is 5.51. The summed E-state index contributed by atoms with van der Waals surface area (Å²) in [6.45, 7) is 6.57. The van der Waals surface area contributed by atoms with Crippen LogP contribution in [-0.4, -0.2) is 47.9 Å². The Morgan fingerprint density at radius 2 is 1.81 bits per heavy atom. The van der Waals surface area contributed by atoms with E-state index < -0.39 is 0 Å². The van der Waals surface area contributed by atoms with Gasteiger partial charge < -0.3 is 15.1 Å². The van der Waals surface area contributed by atoms with Gasteiger partial charge >= 0.3 is 0 Å². The number of carbonyl (C=O) groups is 2. The standard InChI is InChI=1S/C20H24N4O2/c1-15-5-3-4-6-17(15)13-20(26)22-18-7-8-19(21-14-18)24-11-9-23(10-12-24)16(2)25/h3-8,14H,9-13H2,1-2H3,(H,22,26). The molecule has 0 aliphatic carbocycles. The molecule has 1 N–H and O–H groups in total. The number of aryl methyl sites for hydroxylation is 1. The molecule has 3 rings (SSSR count). The fraction of sp³-hybridized carbons (Fsp3) is 0.350. The van der Waals surface area contributed by atoms with Gasteiger partial charge in [0.15, 0.2) is 0 Å². The number of piperazine rings is 1. The van der Waals surface area contributed by atoms with E-state index in [2.05, 4.69) is 15.2 Å². The predicted molar refractivity (Wildman–Crippen MR) is 102 cm³/mol. The zero-order valence-corrected chi connectivity index (χ0v) is 15.2. The number of anilines is 2. The molecule has 1 fully saturated rings. The molecule has 26 heavy (non-hydrogen) atoms. The summed E-state index contributed by atoms with van der Waals surface area (Å²) in [5, 5.41) is 2.90. The van der Waals surface area contributed by atoms with Gasteiger partial charge in [-0.15, -0.1) is 0 Å². The van der Waals surface area contributed by atoms with Crippen molar-refractivity contribution in [2.45, 2.75) is 20.3 Å². The second kappa shape index (κ2) is 7.99. The Morgan fingerprint density at radius 3 is 2.42 bits per heavy atom. The molecule has 0 radical (unpaired) electrons. The first-order valence-corrected chi connectivity index (χ1v) is 8.84. The second-order valence-electron chi connectivity index (χ2n) is 6.55. The van der Waals surface area contributed by atoms with Crippen LogP contribution in [0.25, 0.3) is 0 Å². The molecular weight excluding hydrogens is 328 g/mol. The van der Waals surface area contributed by atoms with E-state index in [4.69, 9.17) is 0 Å². The number of pyridine rings is 1. The molecule has 0 spiro atoms. The molecule has 2 heterocycles. The minimum atomic E-state index is -0.0519. The fourth-order valence-electron chi connectivity index (χ4n) is 3.08. The van der Waals surface area contributed by atoms with Crippen LogP contribution in [0.2, 0.25) is 0 Å². The van der Waals surface area contributed by atoms with Gasteiger partial charge in [-0.1, -0.05) is 24.3 Å². The number of hydrogen-bond acceptors (Lipinski definition) is 4. The monoisotopic (exact) mass is 352 g/mol. The van der Waals surface area contributed by atoms with Gasteiger partial charge in [-0.3, -0.25) is 9.59 Å². The minimum Gasteiger partial charge on any atom is -0.353 e. The molecule has 1 saturated heterocycles. The summed E-state index contributed by atoms with van der Waals surface area (Å²) in [6, 6.07) is 11.7. The number of nitrogens with one attached hydrogen (secondary N) is 1. The van der Waals surface area contributed by atoms with Crippen molar-refractivity contribution in [3.63, 3.8) is 0 Å². The summed E-state index contributed by atoms with van der Waals surface area (Å²) in [6.07, 6.45) is 2.03. The fourth-order valence-corrected chi connectivity index (χ4v) is 3.08.